The molecule has 1 aromatic heterocycles. The second kappa shape index (κ2) is 13.3. The molecule has 3 aromatic rings. The molecule has 224 valence electrons. The SMILES string of the molecule is CSC1OC(c2ccc(C)c(Cc3ccc(-c4cc(F)c(F)c(F)c4)s3)c2)C(OC(C)=O)C(OC(C)=O)C1OC(C)=O. The van der Waals surface area contributed by atoms with Crippen molar-refractivity contribution < 1.29 is 46.5 Å². The fourth-order valence-electron chi connectivity index (χ4n) is 4.80. The lowest BCUT2D eigenvalue weighted by atomic mass is 9.91. The van der Waals surface area contributed by atoms with Crippen LogP contribution in [0.5, 0.6) is 0 Å². The Morgan fingerprint density at radius 1 is 0.857 bits per heavy atom. The number of ether oxygens (including phenoxy) is 4. The maximum Gasteiger partial charge on any atom is 0.303 e. The van der Waals surface area contributed by atoms with Gasteiger partial charge in [-0.25, -0.2) is 13.2 Å². The lowest BCUT2D eigenvalue weighted by molar-refractivity contribution is -0.233. The summed E-state index contributed by atoms with van der Waals surface area (Å²) in [7, 11) is 0. The van der Waals surface area contributed by atoms with E-state index in [9.17, 15) is 27.6 Å². The highest BCUT2D eigenvalue weighted by Gasteiger charge is 2.52. The zero-order valence-electron chi connectivity index (χ0n) is 23.4. The molecule has 5 unspecified atom stereocenters. The molecule has 0 spiro atoms. The quantitative estimate of drug-likeness (QED) is 0.165. The molecule has 0 N–H and O–H groups in total. The highest BCUT2D eigenvalue weighted by Crippen LogP contribution is 2.41. The number of esters is 3. The van der Waals surface area contributed by atoms with Crippen LogP contribution >= 0.6 is 23.1 Å². The zero-order chi connectivity index (χ0) is 30.7. The number of aryl methyl sites for hydroxylation is 1. The molecule has 0 radical (unpaired) electrons. The average Bonchev–Trinajstić information content (AvgIpc) is 3.38. The van der Waals surface area contributed by atoms with Crippen LogP contribution in [0, 0.1) is 24.4 Å². The summed E-state index contributed by atoms with van der Waals surface area (Å²) in [5.41, 5.74) is 1.97. The fraction of sp³-hybridized carbons (Fsp3) is 0.367. The molecule has 1 saturated heterocycles. The monoisotopic (exact) mass is 622 g/mol. The van der Waals surface area contributed by atoms with Crippen molar-refractivity contribution in [3.63, 3.8) is 0 Å². The zero-order valence-corrected chi connectivity index (χ0v) is 25.1. The van der Waals surface area contributed by atoms with Crippen LogP contribution in [-0.2, 0) is 39.8 Å². The second-order valence-corrected chi connectivity index (χ2v) is 11.9. The van der Waals surface area contributed by atoms with Crippen molar-refractivity contribution >= 4 is 41.0 Å². The summed E-state index contributed by atoms with van der Waals surface area (Å²) < 4.78 is 64.0. The van der Waals surface area contributed by atoms with E-state index in [1.54, 1.807) is 12.3 Å². The summed E-state index contributed by atoms with van der Waals surface area (Å²) >= 11 is 2.57. The molecule has 1 aliphatic rings. The number of benzene rings is 2. The lowest BCUT2D eigenvalue weighted by Crippen LogP contribution is -2.57. The summed E-state index contributed by atoms with van der Waals surface area (Å²) in [4.78, 5) is 37.6. The summed E-state index contributed by atoms with van der Waals surface area (Å²) in [5.74, 6) is -5.93. The number of halogens is 3. The largest absolute Gasteiger partial charge is 0.455 e. The summed E-state index contributed by atoms with van der Waals surface area (Å²) in [6.07, 6.45) is -1.94. The Morgan fingerprint density at radius 3 is 2.05 bits per heavy atom. The van der Waals surface area contributed by atoms with E-state index in [1.807, 2.05) is 31.2 Å². The summed E-state index contributed by atoms with van der Waals surface area (Å²) in [5, 5.41) is 0. The fourth-order valence-corrected chi connectivity index (χ4v) is 6.53. The Kier molecular flexibility index (Phi) is 10.0. The van der Waals surface area contributed by atoms with Crippen molar-refractivity contribution in [3.05, 3.63) is 81.5 Å². The Balaban J connectivity index is 1.68. The van der Waals surface area contributed by atoms with Gasteiger partial charge in [0.2, 0.25) is 0 Å². The Labute approximate surface area is 249 Å². The van der Waals surface area contributed by atoms with Crippen molar-refractivity contribution in [2.75, 3.05) is 6.26 Å². The van der Waals surface area contributed by atoms with Gasteiger partial charge in [0, 0.05) is 36.9 Å². The number of hydrogen-bond acceptors (Lipinski definition) is 9. The number of thioether (sulfide) groups is 1. The third-order valence-electron chi connectivity index (χ3n) is 6.63. The van der Waals surface area contributed by atoms with Crippen LogP contribution in [0.1, 0.15) is 48.4 Å². The predicted molar refractivity (Wildman–Crippen MR) is 151 cm³/mol. The van der Waals surface area contributed by atoms with Crippen molar-refractivity contribution in [1.29, 1.82) is 0 Å². The number of hydrogen-bond donors (Lipinski definition) is 0. The molecule has 42 heavy (non-hydrogen) atoms. The second-order valence-electron chi connectivity index (χ2n) is 9.77. The van der Waals surface area contributed by atoms with Crippen LogP contribution < -0.4 is 0 Å². The molecule has 2 heterocycles. The van der Waals surface area contributed by atoms with Crippen LogP contribution in [0.15, 0.2) is 42.5 Å². The molecule has 0 saturated carbocycles. The molecule has 1 aliphatic heterocycles. The molecule has 0 bridgehead atoms. The first-order chi connectivity index (χ1) is 19.9. The van der Waals surface area contributed by atoms with E-state index < -0.39 is 65.2 Å². The van der Waals surface area contributed by atoms with Gasteiger partial charge >= 0.3 is 17.9 Å². The van der Waals surface area contributed by atoms with Crippen LogP contribution in [0.2, 0.25) is 0 Å². The molecule has 2 aromatic carbocycles. The van der Waals surface area contributed by atoms with Crippen LogP contribution in [0.3, 0.4) is 0 Å². The molecule has 12 heteroatoms. The van der Waals surface area contributed by atoms with Crippen molar-refractivity contribution in [3.8, 4) is 10.4 Å². The molecule has 0 amide bonds. The Morgan fingerprint density at radius 2 is 1.45 bits per heavy atom. The van der Waals surface area contributed by atoms with E-state index in [0.29, 0.717) is 16.9 Å². The van der Waals surface area contributed by atoms with Gasteiger partial charge in [0.15, 0.2) is 35.8 Å². The van der Waals surface area contributed by atoms with Crippen LogP contribution in [0.4, 0.5) is 13.2 Å². The molecular weight excluding hydrogens is 593 g/mol. The first-order valence-electron chi connectivity index (χ1n) is 12.9. The Bertz CT molecular complexity index is 1470. The topological polar surface area (TPSA) is 88.1 Å². The smallest absolute Gasteiger partial charge is 0.303 e. The van der Waals surface area contributed by atoms with Crippen LogP contribution in [0.25, 0.3) is 10.4 Å². The van der Waals surface area contributed by atoms with Gasteiger partial charge in [-0.2, -0.15) is 0 Å². The summed E-state index contributed by atoms with van der Waals surface area (Å²) in [6.45, 7) is 5.58. The van der Waals surface area contributed by atoms with E-state index >= 15 is 0 Å². The summed E-state index contributed by atoms with van der Waals surface area (Å²) in [6, 6.07) is 11.0. The number of rotatable bonds is 8. The van der Waals surface area contributed by atoms with E-state index in [1.165, 1.54) is 43.9 Å². The van der Waals surface area contributed by atoms with Gasteiger partial charge in [-0.1, -0.05) is 18.2 Å². The highest BCUT2D eigenvalue weighted by molar-refractivity contribution is 7.99. The standard InChI is InChI=1S/C30H29F3O7S2/c1-14-6-7-18(10-19(14)11-21-8-9-24(42-21)20-12-22(31)25(33)23(32)13-20)26-27(37-15(2)34)28(38-16(3)35)29(39-17(4)36)30(40-26)41-5/h6-10,12-13,26-30H,11H2,1-5H3. The maximum atomic E-state index is 13.8. The predicted octanol–water partition coefficient (Wildman–Crippen LogP) is 6.29. The third-order valence-corrected chi connectivity index (χ3v) is 8.61. The minimum Gasteiger partial charge on any atom is -0.455 e. The van der Waals surface area contributed by atoms with E-state index in [-0.39, 0.29) is 5.56 Å². The van der Waals surface area contributed by atoms with Crippen LogP contribution in [-0.4, -0.2) is 47.9 Å². The van der Waals surface area contributed by atoms with Gasteiger partial charge in [0.25, 0.3) is 0 Å². The molecule has 4 rings (SSSR count). The minimum atomic E-state index is -1.52. The Hall–Kier alpha value is -3.35. The normalized spacial score (nSPS) is 22.0. The van der Waals surface area contributed by atoms with Gasteiger partial charge in [0.1, 0.15) is 11.5 Å². The number of carbonyl (C=O) groups is 3. The van der Waals surface area contributed by atoms with E-state index in [0.717, 1.165) is 28.1 Å². The van der Waals surface area contributed by atoms with Gasteiger partial charge in [0.05, 0.1) is 0 Å². The molecule has 0 aliphatic carbocycles. The third kappa shape index (κ3) is 7.16. The van der Waals surface area contributed by atoms with Gasteiger partial charge in [-0.3, -0.25) is 14.4 Å². The van der Waals surface area contributed by atoms with Gasteiger partial charge in [-0.15, -0.1) is 23.1 Å². The molecular formula is C30H29F3O7S2. The first-order valence-corrected chi connectivity index (χ1v) is 15.0. The van der Waals surface area contributed by atoms with Gasteiger partial charge < -0.3 is 18.9 Å². The maximum absolute atomic E-state index is 13.8. The van der Waals surface area contributed by atoms with Crippen molar-refractivity contribution in [2.24, 2.45) is 0 Å². The lowest BCUT2D eigenvalue weighted by Gasteiger charge is -2.44. The molecule has 1 fully saturated rings. The first kappa shape index (κ1) is 31.6. The van der Waals surface area contributed by atoms with Crippen molar-refractivity contribution in [1.82, 2.24) is 0 Å². The molecule has 7 nitrogen and oxygen atoms in total. The minimum absolute atomic E-state index is 0.231. The van der Waals surface area contributed by atoms with E-state index in [2.05, 4.69) is 0 Å². The van der Waals surface area contributed by atoms with Gasteiger partial charge in [-0.05, 0) is 59.7 Å². The highest BCUT2D eigenvalue weighted by atomic mass is 32.2. The van der Waals surface area contributed by atoms with E-state index in [4.69, 9.17) is 18.9 Å². The average molecular weight is 623 g/mol. The number of thiophene rings is 1. The molecule has 5 atom stereocenters. The number of carbonyl (C=O) groups excluding carboxylic acids is 3. The van der Waals surface area contributed by atoms with Crippen molar-refractivity contribution in [2.45, 2.75) is 64.0 Å².